The van der Waals surface area contributed by atoms with E-state index in [2.05, 4.69) is 0 Å². The van der Waals surface area contributed by atoms with Crippen molar-refractivity contribution in [1.82, 2.24) is 0 Å². The summed E-state index contributed by atoms with van der Waals surface area (Å²) < 4.78 is 44.4. The fraction of sp³-hybridized carbons (Fsp3) is 0.250. The zero-order chi connectivity index (χ0) is 16.2. The largest absolute Gasteiger partial charge is 0.497 e. The molecular formula is C16H14ClF3OS. The van der Waals surface area contributed by atoms with Crippen molar-refractivity contribution in [2.45, 2.75) is 22.7 Å². The number of benzene rings is 2. The molecule has 118 valence electrons. The molecule has 2 aromatic rings. The van der Waals surface area contributed by atoms with E-state index in [0.717, 1.165) is 23.4 Å². The van der Waals surface area contributed by atoms with Gasteiger partial charge in [-0.2, -0.15) is 13.2 Å². The highest BCUT2D eigenvalue weighted by atomic mass is 35.5. The number of hydrogen-bond acceptors (Lipinski definition) is 2. The second-order valence-electron chi connectivity index (χ2n) is 4.56. The van der Waals surface area contributed by atoms with Crippen LogP contribution in [0.1, 0.15) is 16.7 Å². The zero-order valence-corrected chi connectivity index (χ0v) is 13.4. The first-order valence-electron chi connectivity index (χ1n) is 6.46. The molecule has 0 unspecified atom stereocenters. The van der Waals surface area contributed by atoms with Crippen molar-refractivity contribution < 1.29 is 17.9 Å². The molecule has 1 nitrogen and oxygen atoms in total. The van der Waals surface area contributed by atoms with Gasteiger partial charge in [0.2, 0.25) is 0 Å². The first kappa shape index (κ1) is 17.0. The molecule has 0 saturated carbocycles. The van der Waals surface area contributed by atoms with Crippen LogP contribution < -0.4 is 4.74 Å². The zero-order valence-electron chi connectivity index (χ0n) is 11.8. The molecule has 0 atom stereocenters. The molecule has 6 heteroatoms. The third kappa shape index (κ3) is 4.11. The van der Waals surface area contributed by atoms with E-state index in [-0.39, 0.29) is 10.8 Å². The summed E-state index contributed by atoms with van der Waals surface area (Å²) in [6, 6.07) is 11.3. The normalized spacial score (nSPS) is 11.5. The minimum absolute atomic E-state index is 0.0505. The Morgan fingerprint density at radius 2 is 1.77 bits per heavy atom. The Balaban J connectivity index is 2.24. The SMILES string of the molecule is COc1ccc(CSc2c(CCl)cccc2C(F)(F)F)cc1. The topological polar surface area (TPSA) is 9.23 Å². The lowest BCUT2D eigenvalue weighted by Gasteiger charge is -2.15. The van der Waals surface area contributed by atoms with E-state index in [4.69, 9.17) is 16.3 Å². The number of rotatable bonds is 5. The second kappa shape index (κ2) is 7.29. The van der Waals surface area contributed by atoms with Gasteiger partial charge < -0.3 is 4.74 Å². The minimum atomic E-state index is -4.38. The third-order valence-electron chi connectivity index (χ3n) is 3.09. The quantitative estimate of drug-likeness (QED) is 0.504. The predicted molar refractivity (Wildman–Crippen MR) is 83.6 cm³/mol. The standard InChI is InChI=1S/C16H14ClF3OS/c1-21-13-7-5-11(6-8-13)10-22-15-12(9-17)3-2-4-14(15)16(18,19)20/h2-8H,9-10H2,1H3. The van der Waals surface area contributed by atoms with Gasteiger partial charge >= 0.3 is 6.18 Å². The molecule has 0 aliphatic rings. The van der Waals surface area contributed by atoms with Gasteiger partial charge in [-0.25, -0.2) is 0 Å². The fourth-order valence-electron chi connectivity index (χ4n) is 1.96. The smallest absolute Gasteiger partial charge is 0.417 e. The molecule has 0 radical (unpaired) electrons. The molecule has 0 fully saturated rings. The van der Waals surface area contributed by atoms with Crippen molar-refractivity contribution in [2.75, 3.05) is 7.11 Å². The van der Waals surface area contributed by atoms with E-state index < -0.39 is 11.7 Å². The van der Waals surface area contributed by atoms with Gasteiger partial charge in [0.1, 0.15) is 5.75 Å². The van der Waals surface area contributed by atoms with Crippen LogP contribution in [0.5, 0.6) is 5.75 Å². The Morgan fingerprint density at radius 1 is 1.09 bits per heavy atom. The Bertz CT molecular complexity index is 626. The molecule has 0 spiro atoms. The number of methoxy groups -OCH3 is 1. The maximum Gasteiger partial charge on any atom is 0.417 e. The lowest BCUT2D eigenvalue weighted by Crippen LogP contribution is -2.08. The van der Waals surface area contributed by atoms with Crippen molar-refractivity contribution in [1.29, 1.82) is 0 Å². The fourth-order valence-corrected chi connectivity index (χ4v) is 3.43. The summed E-state index contributed by atoms with van der Waals surface area (Å²) in [5.74, 6) is 1.20. The van der Waals surface area contributed by atoms with Gasteiger partial charge in [-0.05, 0) is 29.3 Å². The van der Waals surface area contributed by atoms with E-state index in [9.17, 15) is 13.2 Å². The van der Waals surface area contributed by atoms with Gasteiger partial charge in [-0.1, -0.05) is 24.3 Å². The number of halogens is 4. The van der Waals surface area contributed by atoms with Gasteiger partial charge in [-0.15, -0.1) is 23.4 Å². The van der Waals surface area contributed by atoms with Crippen molar-refractivity contribution in [3.05, 3.63) is 59.2 Å². The van der Waals surface area contributed by atoms with E-state index in [0.29, 0.717) is 17.1 Å². The molecule has 0 aliphatic carbocycles. The summed E-state index contributed by atoms with van der Waals surface area (Å²) in [4.78, 5) is 0.195. The number of thioether (sulfide) groups is 1. The van der Waals surface area contributed by atoms with Crippen LogP contribution in [0.4, 0.5) is 13.2 Å². The monoisotopic (exact) mass is 346 g/mol. The van der Waals surface area contributed by atoms with Crippen molar-refractivity contribution in [3.8, 4) is 5.75 Å². The molecule has 0 heterocycles. The van der Waals surface area contributed by atoms with Crippen molar-refractivity contribution in [3.63, 3.8) is 0 Å². The van der Waals surface area contributed by atoms with Gasteiger partial charge in [0, 0.05) is 16.5 Å². The highest BCUT2D eigenvalue weighted by Gasteiger charge is 2.34. The Hall–Kier alpha value is -1.33. The van der Waals surface area contributed by atoms with Gasteiger partial charge in [0.25, 0.3) is 0 Å². The minimum Gasteiger partial charge on any atom is -0.497 e. The molecule has 0 saturated heterocycles. The van der Waals surface area contributed by atoms with Crippen LogP contribution in [-0.2, 0) is 17.8 Å². The molecule has 2 rings (SSSR count). The van der Waals surface area contributed by atoms with Crippen LogP contribution in [-0.4, -0.2) is 7.11 Å². The number of alkyl halides is 4. The molecule has 0 aromatic heterocycles. The van der Waals surface area contributed by atoms with E-state index in [1.165, 1.54) is 6.07 Å². The first-order valence-corrected chi connectivity index (χ1v) is 7.98. The lowest BCUT2D eigenvalue weighted by atomic mass is 10.1. The maximum atomic E-state index is 13.1. The Kier molecular flexibility index (Phi) is 5.64. The van der Waals surface area contributed by atoms with E-state index in [1.54, 1.807) is 25.3 Å². The third-order valence-corrected chi connectivity index (χ3v) is 4.62. The second-order valence-corrected chi connectivity index (χ2v) is 5.81. The molecule has 0 bridgehead atoms. The summed E-state index contributed by atoms with van der Waals surface area (Å²) in [5.41, 5.74) is 0.780. The molecule has 0 N–H and O–H groups in total. The van der Waals surface area contributed by atoms with Gasteiger partial charge in [0.15, 0.2) is 0 Å². The van der Waals surface area contributed by atoms with Gasteiger partial charge in [0.05, 0.1) is 12.7 Å². The van der Waals surface area contributed by atoms with Crippen LogP contribution in [0.15, 0.2) is 47.4 Å². The number of ether oxygens (including phenoxy) is 1. The maximum absolute atomic E-state index is 13.1. The summed E-state index contributed by atoms with van der Waals surface area (Å²) in [7, 11) is 1.57. The summed E-state index contributed by atoms with van der Waals surface area (Å²) >= 11 is 6.92. The molecule has 0 amide bonds. The van der Waals surface area contributed by atoms with Crippen molar-refractivity contribution in [2.24, 2.45) is 0 Å². The predicted octanol–water partition coefficient (Wildman–Crippen LogP) is 5.75. The average Bonchev–Trinajstić information content (AvgIpc) is 2.52. The van der Waals surface area contributed by atoms with Crippen molar-refractivity contribution >= 4 is 23.4 Å². The summed E-state index contributed by atoms with van der Waals surface area (Å²) in [6.07, 6.45) is -4.38. The van der Waals surface area contributed by atoms with Crippen LogP contribution >= 0.6 is 23.4 Å². The van der Waals surface area contributed by atoms with Crippen LogP contribution in [0.25, 0.3) is 0 Å². The first-order chi connectivity index (χ1) is 10.5. The Labute approximate surface area is 136 Å². The van der Waals surface area contributed by atoms with Crippen LogP contribution in [0.2, 0.25) is 0 Å². The van der Waals surface area contributed by atoms with Crippen LogP contribution in [0, 0.1) is 0 Å². The van der Waals surface area contributed by atoms with E-state index in [1.807, 2.05) is 12.1 Å². The molecule has 22 heavy (non-hydrogen) atoms. The lowest BCUT2D eigenvalue weighted by molar-refractivity contribution is -0.139. The van der Waals surface area contributed by atoms with Gasteiger partial charge in [-0.3, -0.25) is 0 Å². The highest BCUT2D eigenvalue weighted by Crippen LogP contribution is 2.40. The summed E-state index contributed by atoms with van der Waals surface area (Å²) in [5, 5.41) is 0. The summed E-state index contributed by atoms with van der Waals surface area (Å²) in [6.45, 7) is 0. The molecule has 2 aromatic carbocycles. The number of hydrogen-bond donors (Lipinski definition) is 0. The highest BCUT2D eigenvalue weighted by molar-refractivity contribution is 7.98. The van der Waals surface area contributed by atoms with E-state index >= 15 is 0 Å². The molecule has 0 aliphatic heterocycles. The molecular weight excluding hydrogens is 333 g/mol. The Morgan fingerprint density at radius 3 is 2.32 bits per heavy atom. The van der Waals surface area contributed by atoms with Crippen LogP contribution in [0.3, 0.4) is 0 Å². The average molecular weight is 347 g/mol.